The van der Waals surface area contributed by atoms with Gasteiger partial charge in [0.2, 0.25) is 0 Å². The van der Waals surface area contributed by atoms with E-state index in [0.29, 0.717) is 0 Å². The highest BCUT2D eigenvalue weighted by Gasteiger charge is 2.12. The van der Waals surface area contributed by atoms with Crippen LogP contribution in [0, 0.1) is 6.92 Å². The Morgan fingerprint density at radius 2 is 1.95 bits per heavy atom. The molecule has 0 fully saturated rings. The average Bonchev–Trinajstić information content (AvgIpc) is 2.48. The topological polar surface area (TPSA) is 41.1 Å². The van der Waals surface area contributed by atoms with Crippen molar-refractivity contribution in [3.8, 4) is 0 Å². The van der Waals surface area contributed by atoms with E-state index in [9.17, 15) is 4.79 Å². The fourth-order valence-electron chi connectivity index (χ4n) is 2.13. The van der Waals surface area contributed by atoms with E-state index >= 15 is 0 Å². The molecule has 0 aromatic heterocycles. The molecule has 21 heavy (non-hydrogen) atoms. The largest absolute Gasteiger partial charge is 0.321 e. The van der Waals surface area contributed by atoms with E-state index in [-0.39, 0.29) is 5.91 Å². The van der Waals surface area contributed by atoms with E-state index < -0.39 is 0 Å². The molecule has 2 rings (SSSR count). The molecule has 0 atom stereocenters. The highest BCUT2D eigenvalue weighted by atomic mass is 79.9. The molecule has 0 saturated carbocycles. The van der Waals surface area contributed by atoms with Gasteiger partial charge >= 0.3 is 0 Å². The number of nitrogens with one attached hydrogen (secondary N) is 2. The first kappa shape index (κ1) is 15.7. The Morgan fingerprint density at radius 3 is 2.67 bits per heavy atom. The van der Waals surface area contributed by atoms with Gasteiger partial charge in [-0.25, -0.2) is 0 Å². The summed E-state index contributed by atoms with van der Waals surface area (Å²) in [6.07, 6.45) is 0.829. The number of hydrogen-bond acceptors (Lipinski definition) is 2. The molecule has 0 aliphatic heterocycles. The second-order valence-corrected chi connectivity index (χ2v) is 5.80. The van der Waals surface area contributed by atoms with E-state index in [4.69, 9.17) is 0 Å². The monoisotopic (exact) mass is 346 g/mol. The zero-order valence-electron chi connectivity index (χ0n) is 12.2. The van der Waals surface area contributed by atoms with E-state index in [2.05, 4.69) is 26.6 Å². The average molecular weight is 347 g/mol. The van der Waals surface area contributed by atoms with Crippen molar-refractivity contribution in [2.75, 3.05) is 18.9 Å². The van der Waals surface area contributed by atoms with Crippen LogP contribution in [0.1, 0.15) is 21.5 Å². The Kier molecular flexibility index (Phi) is 5.53. The van der Waals surface area contributed by atoms with Crippen LogP contribution in [0.25, 0.3) is 0 Å². The maximum Gasteiger partial charge on any atom is 0.255 e. The molecule has 0 spiro atoms. The summed E-state index contributed by atoms with van der Waals surface area (Å²) < 4.78 is 0.892. The second-order valence-electron chi connectivity index (χ2n) is 4.95. The van der Waals surface area contributed by atoms with Crippen molar-refractivity contribution >= 4 is 27.5 Å². The first-order valence-corrected chi connectivity index (χ1v) is 7.71. The fourth-order valence-corrected chi connectivity index (χ4v) is 2.72. The number of anilines is 1. The maximum absolute atomic E-state index is 12.5. The number of rotatable bonds is 5. The smallest absolute Gasteiger partial charge is 0.255 e. The lowest BCUT2D eigenvalue weighted by Gasteiger charge is -2.11. The van der Waals surface area contributed by atoms with Crippen molar-refractivity contribution in [2.45, 2.75) is 13.3 Å². The third-order valence-electron chi connectivity index (χ3n) is 3.28. The number of likely N-dealkylation sites (N-methyl/N-ethyl adjacent to an activating group) is 1. The fraction of sp³-hybridized carbons (Fsp3) is 0.235. The van der Waals surface area contributed by atoms with E-state index in [0.717, 1.165) is 39.8 Å². The molecule has 2 aromatic carbocycles. The van der Waals surface area contributed by atoms with Crippen LogP contribution in [0.2, 0.25) is 0 Å². The number of carbonyl (C=O) groups excluding carboxylic acids is 1. The van der Waals surface area contributed by atoms with Crippen molar-refractivity contribution in [3.05, 3.63) is 63.6 Å². The van der Waals surface area contributed by atoms with E-state index in [1.807, 2.05) is 56.4 Å². The van der Waals surface area contributed by atoms with Gasteiger partial charge in [0.15, 0.2) is 0 Å². The summed E-state index contributed by atoms with van der Waals surface area (Å²) >= 11 is 3.48. The summed E-state index contributed by atoms with van der Waals surface area (Å²) in [5.41, 5.74) is 3.70. The molecule has 0 unspecified atom stereocenters. The first-order valence-electron chi connectivity index (χ1n) is 6.92. The molecule has 0 bridgehead atoms. The van der Waals surface area contributed by atoms with E-state index in [1.54, 1.807) is 0 Å². The molecule has 3 nitrogen and oxygen atoms in total. The highest BCUT2D eigenvalue weighted by Crippen LogP contribution is 2.24. The van der Waals surface area contributed by atoms with Crippen LogP contribution in [0.15, 0.2) is 46.9 Å². The lowest BCUT2D eigenvalue weighted by molar-refractivity contribution is 0.102. The number of hydrogen-bond donors (Lipinski definition) is 2. The van der Waals surface area contributed by atoms with Gasteiger partial charge in [-0.15, -0.1) is 0 Å². The van der Waals surface area contributed by atoms with Gasteiger partial charge < -0.3 is 10.6 Å². The number of benzene rings is 2. The minimum absolute atomic E-state index is 0.0775. The molecule has 2 N–H and O–H groups in total. The minimum atomic E-state index is -0.0775. The molecule has 0 aliphatic carbocycles. The molecule has 0 saturated heterocycles. The van der Waals surface area contributed by atoms with Gasteiger partial charge in [-0.1, -0.05) is 24.3 Å². The Balaban J connectivity index is 2.20. The SMILES string of the molecule is CNCCc1ccccc1C(=O)Nc1ccc(C)cc1Br. The Morgan fingerprint density at radius 1 is 1.19 bits per heavy atom. The molecule has 110 valence electrons. The van der Waals surface area contributed by atoms with Gasteiger partial charge in [0, 0.05) is 10.0 Å². The van der Waals surface area contributed by atoms with Gasteiger partial charge in [-0.3, -0.25) is 4.79 Å². The summed E-state index contributed by atoms with van der Waals surface area (Å²) in [6.45, 7) is 2.86. The van der Waals surface area contributed by atoms with Crippen molar-refractivity contribution in [3.63, 3.8) is 0 Å². The molecule has 2 aromatic rings. The normalized spacial score (nSPS) is 10.4. The molecule has 0 heterocycles. The Bertz CT molecular complexity index is 640. The molecule has 0 radical (unpaired) electrons. The summed E-state index contributed by atoms with van der Waals surface area (Å²) in [4.78, 5) is 12.5. The molecule has 1 amide bonds. The summed E-state index contributed by atoms with van der Waals surface area (Å²) in [6, 6.07) is 13.6. The Labute approximate surface area is 133 Å². The van der Waals surface area contributed by atoms with Crippen molar-refractivity contribution in [1.29, 1.82) is 0 Å². The van der Waals surface area contributed by atoms with Gasteiger partial charge in [-0.05, 0) is 72.2 Å². The summed E-state index contributed by atoms with van der Waals surface area (Å²) in [5.74, 6) is -0.0775. The van der Waals surface area contributed by atoms with Crippen LogP contribution in [0.3, 0.4) is 0 Å². The number of aryl methyl sites for hydroxylation is 1. The maximum atomic E-state index is 12.5. The predicted molar refractivity (Wildman–Crippen MR) is 90.9 cm³/mol. The third kappa shape index (κ3) is 4.16. The lowest BCUT2D eigenvalue weighted by Crippen LogP contribution is -2.17. The summed E-state index contributed by atoms with van der Waals surface area (Å²) in [5, 5.41) is 6.07. The van der Waals surface area contributed by atoms with E-state index in [1.165, 1.54) is 0 Å². The van der Waals surface area contributed by atoms with Crippen LogP contribution >= 0.6 is 15.9 Å². The number of halogens is 1. The first-order chi connectivity index (χ1) is 10.1. The highest BCUT2D eigenvalue weighted by molar-refractivity contribution is 9.10. The van der Waals surface area contributed by atoms with Gasteiger partial charge in [-0.2, -0.15) is 0 Å². The Hall–Kier alpha value is -1.65. The zero-order chi connectivity index (χ0) is 15.2. The van der Waals surface area contributed by atoms with Crippen molar-refractivity contribution < 1.29 is 4.79 Å². The van der Waals surface area contributed by atoms with Crippen LogP contribution < -0.4 is 10.6 Å². The lowest BCUT2D eigenvalue weighted by atomic mass is 10.0. The van der Waals surface area contributed by atoms with Gasteiger partial charge in [0.1, 0.15) is 0 Å². The van der Waals surface area contributed by atoms with Crippen molar-refractivity contribution in [1.82, 2.24) is 5.32 Å². The zero-order valence-corrected chi connectivity index (χ0v) is 13.8. The van der Waals surface area contributed by atoms with Crippen LogP contribution in [-0.2, 0) is 6.42 Å². The molecular formula is C17H19BrN2O. The quantitative estimate of drug-likeness (QED) is 0.865. The second kappa shape index (κ2) is 7.38. The van der Waals surface area contributed by atoms with Gasteiger partial charge in [0.05, 0.1) is 5.69 Å². The molecule has 4 heteroatoms. The van der Waals surface area contributed by atoms with Crippen molar-refractivity contribution in [2.24, 2.45) is 0 Å². The standard InChI is InChI=1S/C17H19BrN2O/c1-12-7-8-16(15(18)11-12)20-17(21)14-6-4-3-5-13(14)9-10-19-2/h3-8,11,19H,9-10H2,1-2H3,(H,20,21). The number of carbonyl (C=O) groups is 1. The van der Waals surface area contributed by atoms with Crippen LogP contribution in [0.5, 0.6) is 0 Å². The van der Waals surface area contributed by atoms with Crippen LogP contribution in [-0.4, -0.2) is 19.5 Å². The van der Waals surface area contributed by atoms with Gasteiger partial charge in [0.25, 0.3) is 5.91 Å². The summed E-state index contributed by atoms with van der Waals surface area (Å²) in [7, 11) is 1.91. The molecule has 0 aliphatic rings. The third-order valence-corrected chi connectivity index (χ3v) is 3.94. The predicted octanol–water partition coefficient (Wildman–Crippen LogP) is 3.77. The van der Waals surface area contributed by atoms with Crippen LogP contribution in [0.4, 0.5) is 5.69 Å². The minimum Gasteiger partial charge on any atom is -0.321 e. The number of amides is 1. The molecular weight excluding hydrogens is 328 g/mol.